The Balaban J connectivity index is 2.50. The van der Waals surface area contributed by atoms with Crippen LogP contribution in [0.5, 0.6) is 0 Å². The van der Waals surface area contributed by atoms with Crippen molar-refractivity contribution in [1.29, 1.82) is 0 Å². The molecule has 0 spiro atoms. The molecule has 2 aromatic rings. The molecule has 0 unspecified atom stereocenters. The van der Waals surface area contributed by atoms with Gasteiger partial charge >= 0.3 is 0 Å². The first-order valence-corrected chi connectivity index (χ1v) is 6.86. The summed E-state index contributed by atoms with van der Waals surface area (Å²) in [5, 5.41) is 2.21. The van der Waals surface area contributed by atoms with Crippen molar-refractivity contribution in [3.05, 3.63) is 41.5 Å². The van der Waals surface area contributed by atoms with E-state index in [0.717, 1.165) is 12.1 Å². The lowest BCUT2D eigenvalue weighted by Crippen LogP contribution is -2.13. The second kappa shape index (κ2) is 4.69. The number of nitrogens with zero attached hydrogens (tertiary/aromatic N) is 2. The number of aryl methyl sites for hydroxylation is 1. The lowest BCUT2D eigenvalue weighted by molar-refractivity contribution is 0.372. The Morgan fingerprint density at radius 3 is 2.58 bits per heavy atom. The molecular weight excluding hydrogens is 278 g/mol. The van der Waals surface area contributed by atoms with Gasteiger partial charge in [0.1, 0.15) is 21.8 Å². The van der Waals surface area contributed by atoms with E-state index in [1.54, 1.807) is 0 Å². The van der Waals surface area contributed by atoms with Gasteiger partial charge in [0.25, 0.3) is 0 Å². The molecule has 0 saturated carbocycles. The van der Waals surface area contributed by atoms with Gasteiger partial charge in [-0.25, -0.2) is 17.2 Å². The molecule has 0 radical (unpaired) electrons. The van der Waals surface area contributed by atoms with Gasteiger partial charge in [0.15, 0.2) is 15.7 Å². The van der Waals surface area contributed by atoms with Crippen LogP contribution in [0.1, 0.15) is 23.9 Å². The Morgan fingerprint density at radius 1 is 1.32 bits per heavy atom. The Morgan fingerprint density at radius 2 is 2.00 bits per heavy atom. The molecule has 19 heavy (non-hydrogen) atoms. The fourth-order valence-corrected chi connectivity index (χ4v) is 2.86. The minimum Gasteiger partial charge on any atom is -0.338 e. The highest BCUT2D eigenvalue weighted by Gasteiger charge is 2.32. The van der Waals surface area contributed by atoms with E-state index in [2.05, 4.69) is 10.1 Å². The normalized spacial score (nSPS) is 13.5. The van der Waals surface area contributed by atoms with E-state index >= 15 is 0 Å². The quantitative estimate of drug-likeness (QED) is 0.865. The number of hydrogen-bond acceptors (Lipinski definition) is 5. The Hall–Kier alpha value is -1.83. The smallest absolute Gasteiger partial charge is 0.245 e. The summed E-state index contributed by atoms with van der Waals surface area (Å²) >= 11 is 0. The maximum absolute atomic E-state index is 13.5. The average molecular weight is 288 g/mol. The molecule has 2 rings (SSSR count). The number of benzene rings is 1. The fourth-order valence-electron chi connectivity index (χ4n) is 1.50. The molecule has 0 amide bonds. The summed E-state index contributed by atoms with van der Waals surface area (Å²) in [6.45, 7) is 2.79. The topological polar surface area (TPSA) is 73.1 Å². The molecule has 1 atom stereocenters. The van der Waals surface area contributed by atoms with Gasteiger partial charge in [-0.15, -0.1) is 0 Å². The van der Waals surface area contributed by atoms with Crippen molar-refractivity contribution in [3.8, 4) is 0 Å². The molecule has 102 valence electrons. The summed E-state index contributed by atoms with van der Waals surface area (Å²) < 4.78 is 55.7. The number of hydrogen-bond donors (Lipinski definition) is 0. The van der Waals surface area contributed by atoms with Crippen molar-refractivity contribution in [2.75, 3.05) is 0 Å². The Labute approximate surface area is 108 Å². The molecule has 0 N–H and O–H groups in total. The fraction of sp³-hybridized carbons (Fsp3) is 0.273. The van der Waals surface area contributed by atoms with Crippen LogP contribution in [0, 0.1) is 18.6 Å². The first-order valence-electron chi connectivity index (χ1n) is 5.31. The predicted octanol–water partition coefficient (Wildman–Crippen LogP) is 2.19. The van der Waals surface area contributed by atoms with Gasteiger partial charge < -0.3 is 4.52 Å². The van der Waals surface area contributed by atoms with E-state index in [-0.39, 0.29) is 11.7 Å². The van der Waals surface area contributed by atoms with Crippen LogP contribution in [0.4, 0.5) is 8.78 Å². The lowest BCUT2D eigenvalue weighted by Gasteiger charge is -2.09. The summed E-state index contributed by atoms with van der Waals surface area (Å²) in [5.74, 6) is -1.77. The second-order valence-corrected chi connectivity index (χ2v) is 6.18. The van der Waals surface area contributed by atoms with Gasteiger partial charge in [0, 0.05) is 0 Å². The third-order valence-electron chi connectivity index (χ3n) is 2.56. The average Bonchev–Trinajstić information content (AvgIpc) is 2.77. The van der Waals surface area contributed by atoms with Crippen LogP contribution in [0.3, 0.4) is 0 Å². The summed E-state index contributed by atoms with van der Waals surface area (Å²) in [7, 11) is -4.14. The van der Waals surface area contributed by atoms with Crippen LogP contribution in [0.15, 0.2) is 27.6 Å². The molecule has 0 bridgehead atoms. The van der Waals surface area contributed by atoms with Crippen molar-refractivity contribution in [1.82, 2.24) is 10.1 Å². The highest BCUT2D eigenvalue weighted by Crippen LogP contribution is 2.29. The number of halogens is 2. The second-order valence-electron chi connectivity index (χ2n) is 3.94. The summed E-state index contributed by atoms with van der Waals surface area (Å²) in [5.41, 5.74) is 0. The van der Waals surface area contributed by atoms with Crippen molar-refractivity contribution >= 4 is 9.84 Å². The predicted molar refractivity (Wildman–Crippen MR) is 61.0 cm³/mol. The van der Waals surface area contributed by atoms with Crippen LogP contribution in [-0.4, -0.2) is 18.6 Å². The minimum atomic E-state index is -4.14. The van der Waals surface area contributed by atoms with Gasteiger partial charge in [-0.1, -0.05) is 5.16 Å². The summed E-state index contributed by atoms with van der Waals surface area (Å²) in [6, 6.07) is 2.23. The minimum absolute atomic E-state index is 0.166. The maximum atomic E-state index is 13.5. The van der Waals surface area contributed by atoms with E-state index in [0.29, 0.717) is 6.07 Å². The van der Waals surface area contributed by atoms with Crippen LogP contribution in [0.25, 0.3) is 0 Å². The van der Waals surface area contributed by atoms with Crippen molar-refractivity contribution in [3.63, 3.8) is 0 Å². The highest BCUT2D eigenvalue weighted by atomic mass is 32.2. The van der Waals surface area contributed by atoms with E-state index in [1.165, 1.54) is 13.8 Å². The van der Waals surface area contributed by atoms with Crippen LogP contribution in [-0.2, 0) is 9.84 Å². The third kappa shape index (κ3) is 2.48. The SMILES string of the molecule is Cc1noc([C@@H](C)S(=O)(=O)c2cc(F)ccc2F)n1. The maximum Gasteiger partial charge on any atom is 0.245 e. The van der Waals surface area contributed by atoms with Gasteiger partial charge in [0.05, 0.1) is 0 Å². The van der Waals surface area contributed by atoms with E-state index in [1.807, 2.05) is 0 Å². The molecule has 8 heteroatoms. The van der Waals surface area contributed by atoms with Gasteiger partial charge in [-0.05, 0) is 32.0 Å². The van der Waals surface area contributed by atoms with Gasteiger partial charge in [0.2, 0.25) is 5.89 Å². The highest BCUT2D eigenvalue weighted by molar-refractivity contribution is 7.91. The van der Waals surface area contributed by atoms with Crippen molar-refractivity contribution in [2.24, 2.45) is 0 Å². The van der Waals surface area contributed by atoms with E-state index < -0.39 is 31.6 Å². The van der Waals surface area contributed by atoms with Crippen LogP contribution in [0.2, 0.25) is 0 Å². The molecular formula is C11H10F2N2O3S. The molecule has 0 aliphatic rings. The Kier molecular flexibility index (Phi) is 3.36. The zero-order valence-electron chi connectivity index (χ0n) is 10.1. The molecule has 0 saturated heterocycles. The zero-order chi connectivity index (χ0) is 14.2. The summed E-state index contributed by atoms with van der Waals surface area (Å²) in [4.78, 5) is 3.06. The van der Waals surface area contributed by atoms with Gasteiger partial charge in [-0.3, -0.25) is 0 Å². The van der Waals surface area contributed by atoms with Gasteiger partial charge in [-0.2, -0.15) is 4.98 Å². The molecule has 5 nitrogen and oxygen atoms in total. The van der Waals surface area contributed by atoms with Crippen LogP contribution < -0.4 is 0 Å². The molecule has 0 aliphatic heterocycles. The largest absolute Gasteiger partial charge is 0.338 e. The first-order chi connectivity index (χ1) is 8.82. The van der Waals surface area contributed by atoms with E-state index in [4.69, 9.17) is 4.52 Å². The number of aromatic nitrogens is 2. The first kappa shape index (κ1) is 13.6. The van der Waals surface area contributed by atoms with Crippen LogP contribution >= 0.6 is 0 Å². The molecule has 1 aromatic carbocycles. The lowest BCUT2D eigenvalue weighted by atomic mass is 10.3. The third-order valence-corrected chi connectivity index (χ3v) is 4.61. The number of rotatable bonds is 3. The molecule has 0 fully saturated rings. The number of sulfone groups is 1. The summed E-state index contributed by atoms with van der Waals surface area (Å²) in [6.07, 6.45) is 0. The van der Waals surface area contributed by atoms with Crippen molar-refractivity contribution < 1.29 is 21.7 Å². The monoisotopic (exact) mass is 288 g/mol. The molecule has 0 aliphatic carbocycles. The standard InChI is InChI=1S/C11H10F2N2O3S/c1-6(11-14-7(2)15-18-11)19(16,17)10-5-8(12)3-4-9(10)13/h3-6H,1-2H3/t6-/m1/s1. The molecule has 1 aromatic heterocycles. The Bertz CT molecular complexity index is 712. The van der Waals surface area contributed by atoms with E-state index in [9.17, 15) is 17.2 Å². The molecule has 1 heterocycles. The zero-order valence-corrected chi connectivity index (χ0v) is 10.9. The van der Waals surface area contributed by atoms with Crippen molar-refractivity contribution in [2.45, 2.75) is 24.0 Å².